The van der Waals surface area contributed by atoms with Crippen LogP contribution in [0.15, 0.2) is 36.4 Å². The number of carbonyl (C=O) groups is 1. The molecule has 0 aliphatic rings. The van der Waals surface area contributed by atoms with E-state index in [2.05, 4.69) is 16.4 Å². The number of hydrogen-bond donors (Lipinski definition) is 1. The number of hydrogen-bond acceptors (Lipinski definition) is 3. The zero-order valence-electron chi connectivity index (χ0n) is 11.6. The molecule has 3 aromatic rings. The smallest absolute Gasteiger partial charge is 0.257 e. The van der Waals surface area contributed by atoms with Crippen molar-refractivity contribution in [2.24, 2.45) is 0 Å². The summed E-state index contributed by atoms with van der Waals surface area (Å²) in [4.78, 5) is 16.7. The van der Waals surface area contributed by atoms with Crippen LogP contribution in [0.4, 0.5) is 5.13 Å². The molecule has 0 bridgehead atoms. The van der Waals surface area contributed by atoms with Crippen LogP contribution in [0.25, 0.3) is 10.2 Å². The van der Waals surface area contributed by atoms with E-state index in [1.807, 2.05) is 19.9 Å². The molecule has 21 heavy (non-hydrogen) atoms. The van der Waals surface area contributed by atoms with Crippen molar-refractivity contribution in [1.29, 1.82) is 0 Å². The molecule has 0 saturated carbocycles. The number of aryl methyl sites for hydroxylation is 2. The van der Waals surface area contributed by atoms with Gasteiger partial charge in [-0.05, 0) is 43.2 Å². The first-order chi connectivity index (χ1) is 10.0. The van der Waals surface area contributed by atoms with Crippen molar-refractivity contribution < 1.29 is 4.79 Å². The molecule has 0 radical (unpaired) electrons. The molecule has 1 aromatic heterocycles. The Morgan fingerprint density at radius 2 is 1.95 bits per heavy atom. The minimum atomic E-state index is -0.202. The van der Waals surface area contributed by atoms with E-state index in [0.717, 1.165) is 21.3 Å². The first-order valence-electron chi connectivity index (χ1n) is 6.48. The van der Waals surface area contributed by atoms with Crippen molar-refractivity contribution in [2.45, 2.75) is 13.8 Å². The van der Waals surface area contributed by atoms with Crippen LogP contribution in [0, 0.1) is 13.8 Å². The number of benzene rings is 2. The molecule has 0 aliphatic carbocycles. The first kappa shape index (κ1) is 14.0. The lowest BCUT2D eigenvalue weighted by Gasteiger charge is -2.01. The summed E-state index contributed by atoms with van der Waals surface area (Å²) in [6, 6.07) is 11.0. The lowest BCUT2D eigenvalue weighted by molar-refractivity contribution is 0.102. The SMILES string of the molecule is Cc1ccc(C)c2sc(NC(=O)c3cccc(Cl)c3)nc12. The highest BCUT2D eigenvalue weighted by atomic mass is 35.5. The maximum absolute atomic E-state index is 12.2. The third kappa shape index (κ3) is 2.77. The number of anilines is 1. The Labute approximate surface area is 131 Å². The number of nitrogens with zero attached hydrogens (tertiary/aromatic N) is 1. The fraction of sp³-hybridized carbons (Fsp3) is 0.125. The summed E-state index contributed by atoms with van der Waals surface area (Å²) in [5.74, 6) is -0.202. The average molecular weight is 317 g/mol. The van der Waals surface area contributed by atoms with Gasteiger partial charge in [-0.25, -0.2) is 4.98 Å². The molecule has 0 aliphatic heterocycles. The molecule has 0 atom stereocenters. The van der Waals surface area contributed by atoms with E-state index in [1.54, 1.807) is 24.3 Å². The van der Waals surface area contributed by atoms with Crippen molar-refractivity contribution in [3.63, 3.8) is 0 Å². The molecule has 3 rings (SSSR count). The van der Waals surface area contributed by atoms with Gasteiger partial charge in [-0.2, -0.15) is 0 Å². The fourth-order valence-corrected chi connectivity index (χ4v) is 3.31. The fourth-order valence-electron chi connectivity index (χ4n) is 2.11. The summed E-state index contributed by atoms with van der Waals surface area (Å²) < 4.78 is 1.11. The van der Waals surface area contributed by atoms with E-state index < -0.39 is 0 Å². The summed E-state index contributed by atoms with van der Waals surface area (Å²) in [5, 5.41) is 3.98. The molecule has 3 nitrogen and oxygen atoms in total. The number of halogens is 1. The zero-order chi connectivity index (χ0) is 15.0. The maximum Gasteiger partial charge on any atom is 0.257 e. The number of aromatic nitrogens is 1. The zero-order valence-corrected chi connectivity index (χ0v) is 13.2. The maximum atomic E-state index is 12.2. The Morgan fingerprint density at radius 1 is 1.19 bits per heavy atom. The Bertz CT molecular complexity index is 802. The van der Waals surface area contributed by atoms with E-state index in [-0.39, 0.29) is 5.91 Å². The minimum absolute atomic E-state index is 0.202. The third-order valence-electron chi connectivity index (χ3n) is 3.25. The highest BCUT2D eigenvalue weighted by Gasteiger charge is 2.12. The van der Waals surface area contributed by atoms with Gasteiger partial charge in [0.15, 0.2) is 5.13 Å². The molecule has 0 saturated heterocycles. The molecular weight excluding hydrogens is 304 g/mol. The molecule has 5 heteroatoms. The van der Waals surface area contributed by atoms with Crippen LogP contribution in [-0.2, 0) is 0 Å². The molecule has 0 spiro atoms. The Balaban J connectivity index is 1.93. The Kier molecular flexibility index (Phi) is 3.66. The highest BCUT2D eigenvalue weighted by molar-refractivity contribution is 7.22. The number of nitrogens with one attached hydrogen (secondary N) is 1. The largest absolute Gasteiger partial charge is 0.298 e. The van der Waals surface area contributed by atoms with E-state index in [4.69, 9.17) is 11.6 Å². The number of carbonyl (C=O) groups excluding carboxylic acids is 1. The highest BCUT2D eigenvalue weighted by Crippen LogP contribution is 2.31. The second-order valence-corrected chi connectivity index (χ2v) is 6.30. The van der Waals surface area contributed by atoms with Gasteiger partial charge in [-0.15, -0.1) is 0 Å². The van der Waals surface area contributed by atoms with Crippen LogP contribution in [0.1, 0.15) is 21.5 Å². The lowest BCUT2D eigenvalue weighted by Crippen LogP contribution is -2.11. The average Bonchev–Trinajstić information content (AvgIpc) is 2.88. The predicted molar refractivity (Wildman–Crippen MR) is 88.5 cm³/mol. The number of thiazole rings is 1. The summed E-state index contributed by atoms with van der Waals surface area (Å²) in [6.45, 7) is 4.06. The van der Waals surface area contributed by atoms with Crippen LogP contribution in [0.5, 0.6) is 0 Å². The van der Waals surface area contributed by atoms with Crippen molar-refractivity contribution in [3.05, 3.63) is 58.1 Å². The van der Waals surface area contributed by atoms with Gasteiger partial charge in [0.1, 0.15) is 0 Å². The molecule has 106 valence electrons. The normalized spacial score (nSPS) is 10.8. The monoisotopic (exact) mass is 316 g/mol. The van der Waals surface area contributed by atoms with Gasteiger partial charge >= 0.3 is 0 Å². The van der Waals surface area contributed by atoms with Gasteiger partial charge < -0.3 is 0 Å². The van der Waals surface area contributed by atoms with Gasteiger partial charge in [0.25, 0.3) is 5.91 Å². The standard InChI is InChI=1S/C16H13ClN2OS/c1-9-6-7-10(2)14-13(9)18-16(21-14)19-15(20)11-4-3-5-12(17)8-11/h3-8H,1-2H3,(H,18,19,20). The quantitative estimate of drug-likeness (QED) is 0.736. The van der Waals surface area contributed by atoms with Crippen molar-refractivity contribution >= 4 is 44.2 Å². The molecule has 1 amide bonds. The van der Waals surface area contributed by atoms with Crippen molar-refractivity contribution in [1.82, 2.24) is 4.98 Å². The minimum Gasteiger partial charge on any atom is -0.298 e. The summed E-state index contributed by atoms with van der Waals surface area (Å²) in [5.41, 5.74) is 3.74. The Hall–Kier alpha value is -1.91. The van der Waals surface area contributed by atoms with Crippen LogP contribution in [0.2, 0.25) is 5.02 Å². The Morgan fingerprint density at radius 3 is 2.67 bits per heavy atom. The van der Waals surface area contributed by atoms with Crippen molar-refractivity contribution in [2.75, 3.05) is 5.32 Å². The third-order valence-corrected chi connectivity index (χ3v) is 4.59. The first-order valence-corrected chi connectivity index (χ1v) is 7.68. The van der Waals surface area contributed by atoms with E-state index in [9.17, 15) is 4.79 Å². The van der Waals surface area contributed by atoms with Gasteiger partial charge in [0.2, 0.25) is 0 Å². The van der Waals surface area contributed by atoms with E-state index >= 15 is 0 Å². The van der Waals surface area contributed by atoms with Crippen LogP contribution in [-0.4, -0.2) is 10.9 Å². The summed E-state index contributed by atoms with van der Waals surface area (Å²) in [7, 11) is 0. The number of amides is 1. The van der Waals surface area contributed by atoms with Crippen LogP contribution in [0.3, 0.4) is 0 Å². The summed E-state index contributed by atoms with van der Waals surface area (Å²) in [6.07, 6.45) is 0. The van der Waals surface area contributed by atoms with Crippen LogP contribution < -0.4 is 5.32 Å². The van der Waals surface area contributed by atoms with Gasteiger partial charge in [-0.3, -0.25) is 10.1 Å². The van der Waals surface area contributed by atoms with Crippen LogP contribution >= 0.6 is 22.9 Å². The van der Waals surface area contributed by atoms with Gasteiger partial charge in [0.05, 0.1) is 10.2 Å². The molecule has 0 unspecified atom stereocenters. The van der Waals surface area contributed by atoms with E-state index in [0.29, 0.717) is 15.7 Å². The molecule has 1 N–H and O–H groups in total. The second kappa shape index (κ2) is 5.47. The van der Waals surface area contributed by atoms with Crippen molar-refractivity contribution in [3.8, 4) is 0 Å². The number of rotatable bonds is 2. The molecule has 1 heterocycles. The van der Waals surface area contributed by atoms with Gasteiger partial charge in [-0.1, -0.05) is 41.1 Å². The molecular formula is C16H13ClN2OS. The second-order valence-electron chi connectivity index (χ2n) is 4.86. The molecule has 2 aromatic carbocycles. The van der Waals surface area contributed by atoms with Gasteiger partial charge in [0, 0.05) is 10.6 Å². The lowest BCUT2D eigenvalue weighted by atomic mass is 10.1. The molecule has 0 fully saturated rings. The van der Waals surface area contributed by atoms with E-state index in [1.165, 1.54) is 11.3 Å². The topological polar surface area (TPSA) is 42.0 Å². The summed E-state index contributed by atoms with van der Waals surface area (Å²) >= 11 is 7.39. The number of fused-ring (bicyclic) bond motifs is 1. The predicted octanol–water partition coefficient (Wildman–Crippen LogP) is 4.82.